The number of ether oxygens (including phenoxy) is 1. The minimum Gasteiger partial charge on any atom is -0.465 e. The monoisotopic (exact) mass is 464 g/mol. The lowest BCUT2D eigenvalue weighted by atomic mass is 10.2. The summed E-state index contributed by atoms with van der Waals surface area (Å²) >= 11 is 6.88. The van der Waals surface area contributed by atoms with Gasteiger partial charge in [0, 0.05) is 17.8 Å². The van der Waals surface area contributed by atoms with Crippen molar-refractivity contribution in [3.8, 4) is 0 Å². The summed E-state index contributed by atoms with van der Waals surface area (Å²) in [4.78, 5) is 24.2. The first-order chi connectivity index (χ1) is 14.2. The lowest BCUT2D eigenvalue weighted by Gasteiger charge is -2.19. The predicted octanol–water partition coefficient (Wildman–Crippen LogP) is 4.27. The Hall–Kier alpha value is -2.88. The molecule has 2 aromatic carbocycles. The first kappa shape index (κ1) is 21.8. The molecule has 0 radical (unpaired) electrons. The van der Waals surface area contributed by atoms with Gasteiger partial charge in [-0.1, -0.05) is 11.6 Å². The van der Waals surface area contributed by atoms with E-state index in [1.807, 2.05) is 0 Å². The molecular formula is C20H17ClN2O5S2. The lowest BCUT2D eigenvalue weighted by Crippen LogP contribution is -2.28. The summed E-state index contributed by atoms with van der Waals surface area (Å²) in [6.45, 7) is 0. The minimum atomic E-state index is -3.97. The van der Waals surface area contributed by atoms with Gasteiger partial charge in [-0.15, -0.1) is 11.3 Å². The van der Waals surface area contributed by atoms with Gasteiger partial charge in [0.2, 0.25) is 0 Å². The molecule has 1 heterocycles. The molecule has 1 amide bonds. The van der Waals surface area contributed by atoms with E-state index in [4.69, 9.17) is 11.6 Å². The molecule has 30 heavy (non-hydrogen) atoms. The molecule has 0 aliphatic heterocycles. The highest BCUT2D eigenvalue weighted by Gasteiger charge is 2.28. The summed E-state index contributed by atoms with van der Waals surface area (Å²) in [5.41, 5.74) is 1.16. The topological polar surface area (TPSA) is 92.8 Å². The smallest absolute Gasteiger partial charge is 0.337 e. The number of hydrogen-bond acceptors (Lipinski definition) is 6. The van der Waals surface area contributed by atoms with Crippen LogP contribution in [0.25, 0.3) is 0 Å². The predicted molar refractivity (Wildman–Crippen MR) is 117 cm³/mol. The Balaban J connectivity index is 1.84. The number of anilines is 2. The molecular weight excluding hydrogens is 448 g/mol. The summed E-state index contributed by atoms with van der Waals surface area (Å²) in [7, 11) is -1.29. The second kappa shape index (κ2) is 8.86. The van der Waals surface area contributed by atoms with Crippen molar-refractivity contribution in [2.75, 3.05) is 23.8 Å². The van der Waals surface area contributed by atoms with Crippen LogP contribution in [-0.4, -0.2) is 34.5 Å². The zero-order valence-corrected chi connectivity index (χ0v) is 18.3. The first-order valence-electron chi connectivity index (χ1n) is 8.56. The fourth-order valence-electron chi connectivity index (χ4n) is 2.60. The molecule has 3 rings (SSSR count). The molecule has 3 aromatic rings. The number of thiophene rings is 1. The van der Waals surface area contributed by atoms with Gasteiger partial charge in [0.1, 0.15) is 9.77 Å². The van der Waals surface area contributed by atoms with Gasteiger partial charge in [-0.05, 0) is 60.0 Å². The molecule has 1 aromatic heterocycles. The molecule has 0 saturated heterocycles. The molecule has 10 heteroatoms. The highest BCUT2D eigenvalue weighted by Crippen LogP contribution is 2.29. The van der Waals surface area contributed by atoms with E-state index in [1.54, 1.807) is 24.3 Å². The van der Waals surface area contributed by atoms with Crippen molar-refractivity contribution >= 4 is 56.2 Å². The molecule has 1 N–H and O–H groups in total. The summed E-state index contributed by atoms with van der Waals surface area (Å²) in [5, 5.41) is 4.67. The lowest BCUT2D eigenvalue weighted by molar-refractivity contribution is 0.0600. The van der Waals surface area contributed by atoms with Gasteiger partial charge in [0.05, 0.1) is 18.4 Å². The molecule has 0 aliphatic rings. The number of benzene rings is 2. The molecule has 0 spiro atoms. The summed E-state index contributed by atoms with van der Waals surface area (Å²) in [6.07, 6.45) is 0. The second-order valence-electron chi connectivity index (χ2n) is 6.09. The standard InChI is InChI=1S/C20H17ClN2O5S2/c1-23(16-9-5-14(21)6-10-16)30(26,27)17-11-12-29-18(17)19(24)22-15-7-3-13(4-8-15)20(25)28-2/h3-12H,1-2H3,(H,22,24). The molecule has 0 atom stereocenters. The second-order valence-corrected chi connectivity index (χ2v) is 9.38. The number of sulfonamides is 1. The van der Waals surface area contributed by atoms with E-state index >= 15 is 0 Å². The van der Waals surface area contributed by atoms with Gasteiger partial charge in [-0.2, -0.15) is 0 Å². The number of halogens is 1. The van der Waals surface area contributed by atoms with Crippen LogP contribution in [0, 0.1) is 0 Å². The Morgan fingerprint density at radius 1 is 1.03 bits per heavy atom. The van der Waals surface area contributed by atoms with Gasteiger partial charge >= 0.3 is 5.97 Å². The maximum Gasteiger partial charge on any atom is 0.337 e. The maximum atomic E-state index is 13.1. The molecule has 7 nitrogen and oxygen atoms in total. The fraction of sp³-hybridized carbons (Fsp3) is 0.100. The number of carbonyl (C=O) groups is 2. The molecule has 0 fully saturated rings. The highest BCUT2D eigenvalue weighted by atomic mass is 35.5. The zero-order valence-electron chi connectivity index (χ0n) is 16.0. The van der Waals surface area contributed by atoms with E-state index < -0.39 is 21.9 Å². The third kappa shape index (κ3) is 4.48. The van der Waals surface area contributed by atoms with Crippen LogP contribution in [0.3, 0.4) is 0 Å². The molecule has 0 bridgehead atoms. The largest absolute Gasteiger partial charge is 0.465 e. The number of nitrogens with one attached hydrogen (secondary N) is 1. The Morgan fingerprint density at radius 3 is 2.27 bits per heavy atom. The van der Waals surface area contributed by atoms with Crippen molar-refractivity contribution in [3.63, 3.8) is 0 Å². The Kier molecular flexibility index (Phi) is 6.45. The van der Waals surface area contributed by atoms with E-state index in [9.17, 15) is 18.0 Å². The van der Waals surface area contributed by atoms with Crippen molar-refractivity contribution in [1.29, 1.82) is 0 Å². The van der Waals surface area contributed by atoms with Gasteiger partial charge in [0.25, 0.3) is 15.9 Å². The van der Waals surface area contributed by atoms with E-state index in [-0.39, 0.29) is 9.77 Å². The molecule has 156 valence electrons. The Morgan fingerprint density at radius 2 is 1.67 bits per heavy atom. The van der Waals surface area contributed by atoms with Crippen LogP contribution < -0.4 is 9.62 Å². The average molecular weight is 465 g/mol. The quantitative estimate of drug-likeness (QED) is 0.550. The van der Waals surface area contributed by atoms with Gasteiger partial charge in [0.15, 0.2) is 0 Å². The molecule has 0 aliphatic carbocycles. The SMILES string of the molecule is COC(=O)c1ccc(NC(=O)c2sccc2S(=O)(=O)N(C)c2ccc(Cl)cc2)cc1. The highest BCUT2D eigenvalue weighted by molar-refractivity contribution is 7.93. The van der Waals surface area contributed by atoms with Crippen molar-refractivity contribution in [2.24, 2.45) is 0 Å². The van der Waals surface area contributed by atoms with Crippen LogP contribution in [0.4, 0.5) is 11.4 Å². The first-order valence-corrected chi connectivity index (χ1v) is 11.3. The van der Waals surface area contributed by atoms with Crippen LogP contribution in [0.15, 0.2) is 64.9 Å². The van der Waals surface area contributed by atoms with Gasteiger partial charge in [-0.3, -0.25) is 9.10 Å². The van der Waals surface area contributed by atoms with E-state index in [2.05, 4.69) is 10.1 Å². The third-order valence-electron chi connectivity index (χ3n) is 4.23. The van der Waals surface area contributed by atoms with Crippen molar-refractivity contribution in [1.82, 2.24) is 0 Å². The average Bonchev–Trinajstić information content (AvgIpc) is 3.25. The zero-order chi connectivity index (χ0) is 21.9. The van der Waals surface area contributed by atoms with Crippen LogP contribution in [0.1, 0.15) is 20.0 Å². The number of nitrogens with zero attached hydrogens (tertiary/aromatic N) is 1. The number of carbonyl (C=O) groups excluding carboxylic acids is 2. The van der Waals surface area contributed by atoms with Gasteiger partial charge < -0.3 is 10.1 Å². The van der Waals surface area contributed by atoms with E-state index in [1.165, 1.54) is 49.9 Å². The Bertz CT molecular complexity index is 1170. The van der Waals surface area contributed by atoms with Gasteiger partial charge in [-0.25, -0.2) is 13.2 Å². The maximum absolute atomic E-state index is 13.1. The summed E-state index contributed by atoms with van der Waals surface area (Å²) < 4.78 is 31.9. The normalized spacial score (nSPS) is 11.0. The summed E-state index contributed by atoms with van der Waals surface area (Å²) in [5.74, 6) is -1.07. The van der Waals surface area contributed by atoms with Crippen LogP contribution in [-0.2, 0) is 14.8 Å². The van der Waals surface area contributed by atoms with Crippen molar-refractivity contribution in [3.05, 3.63) is 75.4 Å². The number of methoxy groups -OCH3 is 1. The number of esters is 1. The van der Waals surface area contributed by atoms with Crippen molar-refractivity contribution in [2.45, 2.75) is 4.90 Å². The number of hydrogen-bond donors (Lipinski definition) is 1. The summed E-state index contributed by atoms with van der Waals surface area (Å²) in [6, 6.07) is 13.8. The van der Waals surface area contributed by atoms with E-state index in [0.717, 1.165) is 15.6 Å². The molecule has 0 unspecified atom stereocenters. The van der Waals surface area contributed by atoms with Crippen LogP contribution >= 0.6 is 22.9 Å². The number of amides is 1. The van der Waals surface area contributed by atoms with E-state index in [0.29, 0.717) is 22.0 Å². The minimum absolute atomic E-state index is 0.0489. The van der Waals surface area contributed by atoms with Crippen LogP contribution in [0.5, 0.6) is 0 Å². The Labute approximate surface area is 182 Å². The molecule has 0 saturated carbocycles. The van der Waals surface area contributed by atoms with Crippen molar-refractivity contribution < 1.29 is 22.7 Å². The van der Waals surface area contributed by atoms with Crippen LogP contribution in [0.2, 0.25) is 5.02 Å². The third-order valence-corrected chi connectivity index (χ3v) is 7.35. The fourth-order valence-corrected chi connectivity index (χ4v) is 5.21. The number of rotatable bonds is 6.